The first-order valence-electron chi connectivity index (χ1n) is 7.15. The first-order chi connectivity index (χ1) is 10.2. The molecule has 1 aliphatic carbocycles. The molecule has 0 heterocycles. The van der Waals surface area contributed by atoms with Crippen molar-refractivity contribution in [3.8, 4) is 0 Å². The van der Waals surface area contributed by atoms with Crippen molar-refractivity contribution in [2.45, 2.75) is 38.3 Å². The molecule has 1 fully saturated rings. The minimum Gasteiger partial charge on any atom is -0.402 e. The predicted octanol–water partition coefficient (Wildman–Crippen LogP) is 5.10. The van der Waals surface area contributed by atoms with Gasteiger partial charge in [-0.2, -0.15) is 13.2 Å². The summed E-state index contributed by atoms with van der Waals surface area (Å²) in [5.41, 5.74) is 7.27. The Morgan fingerprint density at radius 1 is 1.23 bits per heavy atom. The van der Waals surface area contributed by atoms with Gasteiger partial charge in [0.25, 0.3) is 0 Å². The molecule has 2 N–H and O–H groups in total. The molecule has 0 aliphatic heterocycles. The third-order valence-corrected chi connectivity index (χ3v) is 4.01. The van der Waals surface area contributed by atoms with Gasteiger partial charge in [0.2, 0.25) is 0 Å². The zero-order valence-electron chi connectivity index (χ0n) is 12.8. The fourth-order valence-electron chi connectivity index (χ4n) is 2.68. The van der Waals surface area contributed by atoms with Crippen LogP contribution in [0.1, 0.15) is 37.8 Å². The summed E-state index contributed by atoms with van der Waals surface area (Å²) < 4.78 is 39.6. The van der Waals surface area contributed by atoms with Gasteiger partial charge in [-0.15, -0.1) is 0 Å². The van der Waals surface area contributed by atoms with Crippen molar-refractivity contribution in [1.82, 2.24) is 0 Å². The van der Waals surface area contributed by atoms with Gasteiger partial charge >= 0.3 is 6.18 Å². The largest absolute Gasteiger partial charge is 0.416 e. The lowest BCUT2D eigenvalue weighted by Gasteiger charge is -2.18. The van der Waals surface area contributed by atoms with Crippen LogP contribution >= 0.6 is 0 Å². The Kier molecular flexibility index (Phi) is 4.23. The summed E-state index contributed by atoms with van der Waals surface area (Å²) >= 11 is 0. The fourth-order valence-corrected chi connectivity index (χ4v) is 2.68. The van der Waals surface area contributed by atoms with E-state index < -0.39 is 17.2 Å². The molecular formula is C18H20F3N. The molecule has 118 valence electrons. The predicted molar refractivity (Wildman–Crippen MR) is 83.2 cm³/mol. The monoisotopic (exact) mass is 307 g/mol. The summed E-state index contributed by atoms with van der Waals surface area (Å²) in [6.45, 7) is 7.45. The van der Waals surface area contributed by atoms with E-state index in [4.69, 9.17) is 5.73 Å². The molecule has 0 radical (unpaired) electrons. The summed E-state index contributed by atoms with van der Waals surface area (Å²) in [6.07, 6.45) is 0.736. The Morgan fingerprint density at radius 2 is 1.82 bits per heavy atom. The third-order valence-electron chi connectivity index (χ3n) is 4.01. The van der Waals surface area contributed by atoms with E-state index in [0.717, 1.165) is 17.2 Å². The molecule has 22 heavy (non-hydrogen) atoms. The highest BCUT2D eigenvalue weighted by atomic mass is 19.4. The van der Waals surface area contributed by atoms with E-state index in [9.17, 15) is 13.2 Å². The Balaban J connectivity index is 2.42. The van der Waals surface area contributed by atoms with Gasteiger partial charge in [-0.1, -0.05) is 36.9 Å². The second-order valence-electron chi connectivity index (χ2n) is 5.91. The van der Waals surface area contributed by atoms with Crippen LogP contribution in [0.4, 0.5) is 13.2 Å². The Labute approximate surface area is 129 Å². The van der Waals surface area contributed by atoms with Crippen LogP contribution in [0.3, 0.4) is 0 Å². The van der Waals surface area contributed by atoms with E-state index >= 15 is 0 Å². The first-order valence-corrected chi connectivity index (χ1v) is 7.15. The van der Waals surface area contributed by atoms with E-state index in [1.165, 1.54) is 6.07 Å². The van der Waals surface area contributed by atoms with Gasteiger partial charge in [0.15, 0.2) is 0 Å². The maximum absolute atomic E-state index is 13.2. The molecular weight excluding hydrogens is 287 g/mol. The smallest absolute Gasteiger partial charge is 0.402 e. The second kappa shape index (κ2) is 5.67. The summed E-state index contributed by atoms with van der Waals surface area (Å²) in [5.74, 6) is 0. The number of allylic oxidation sites excluding steroid dienone is 5. The fraction of sp³-hybridized carbons (Fsp3) is 0.333. The van der Waals surface area contributed by atoms with Crippen LogP contribution in [0.2, 0.25) is 0 Å². The van der Waals surface area contributed by atoms with Crippen molar-refractivity contribution < 1.29 is 13.2 Å². The number of hydrogen-bond donors (Lipinski definition) is 1. The highest BCUT2D eigenvalue weighted by Gasteiger charge is 2.47. The number of nitrogens with two attached hydrogens (primary N) is 1. The lowest BCUT2D eigenvalue weighted by Crippen LogP contribution is -2.14. The van der Waals surface area contributed by atoms with Crippen molar-refractivity contribution in [3.05, 3.63) is 71.0 Å². The minimum atomic E-state index is -4.34. The second-order valence-corrected chi connectivity index (χ2v) is 5.91. The minimum absolute atomic E-state index is 0.342. The van der Waals surface area contributed by atoms with E-state index in [0.29, 0.717) is 24.1 Å². The molecule has 0 unspecified atom stereocenters. The first kappa shape index (κ1) is 16.4. The van der Waals surface area contributed by atoms with Gasteiger partial charge in [0, 0.05) is 11.1 Å². The van der Waals surface area contributed by atoms with Gasteiger partial charge in [-0.3, -0.25) is 0 Å². The van der Waals surface area contributed by atoms with Gasteiger partial charge in [0.05, 0.1) is 5.56 Å². The number of benzene rings is 1. The molecule has 0 bridgehead atoms. The number of rotatable bonds is 4. The van der Waals surface area contributed by atoms with E-state index in [1.807, 2.05) is 13.0 Å². The molecule has 1 aromatic carbocycles. The third kappa shape index (κ3) is 3.26. The van der Waals surface area contributed by atoms with Crippen molar-refractivity contribution in [2.75, 3.05) is 0 Å². The molecule has 0 aromatic heterocycles. The highest BCUT2D eigenvalue weighted by molar-refractivity contribution is 5.48. The van der Waals surface area contributed by atoms with Crippen molar-refractivity contribution in [2.24, 2.45) is 5.73 Å². The molecule has 0 atom stereocenters. The molecule has 0 amide bonds. The van der Waals surface area contributed by atoms with Gasteiger partial charge < -0.3 is 5.73 Å². The maximum Gasteiger partial charge on any atom is 0.416 e. The van der Waals surface area contributed by atoms with Crippen molar-refractivity contribution in [3.63, 3.8) is 0 Å². The SMILES string of the molecule is C=C(C)C(/C=C/C1(c2ccccc2C(F)(F)F)CC1)=C(\C)N. The molecule has 1 aromatic rings. The molecule has 4 heteroatoms. The number of alkyl halides is 3. The molecule has 1 aliphatic rings. The Morgan fingerprint density at radius 3 is 2.27 bits per heavy atom. The lowest BCUT2D eigenvalue weighted by atomic mass is 9.89. The average molecular weight is 307 g/mol. The van der Waals surface area contributed by atoms with Crippen LogP contribution in [-0.4, -0.2) is 0 Å². The molecule has 1 saturated carbocycles. The average Bonchev–Trinajstić information content (AvgIpc) is 3.18. The summed E-state index contributed by atoms with van der Waals surface area (Å²) in [6, 6.07) is 5.80. The highest BCUT2D eigenvalue weighted by Crippen LogP contribution is 2.53. The standard InChI is InChI=1S/C18H20F3N/c1-12(2)14(13(3)22)8-9-17(10-11-17)15-6-4-5-7-16(15)18(19,20)21/h4-9H,1,10-11,22H2,2-3H3/b9-8+,14-13+. The zero-order valence-corrected chi connectivity index (χ0v) is 12.8. The Bertz CT molecular complexity index is 643. The maximum atomic E-state index is 13.2. The molecule has 0 spiro atoms. The van der Waals surface area contributed by atoms with E-state index in [-0.39, 0.29) is 0 Å². The van der Waals surface area contributed by atoms with E-state index in [2.05, 4.69) is 6.58 Å². The van der Waals surface area contributed by atoms with Crippen LogP contribution in [0.25, 0.3) is 0 Å². The van der Waals surface area contributed by atoms with Crippen LogP contribution in [0.15, 0.2) is 59.8 Å². The zero-order chi connectivity index (χ0) is 16.5. The van der Waals surface area contributed by atoms with Crippen molar-refractivity contribution in [1.29, 1.82) is 0 Å². The molecule has 0 saturated heterocycles. The van der Waals surface area contributed by atoms with Gasteiger partial charge in [0.1, 0.15) is 0 Å². The van der Waals surface area contributed by atoms with Crippen LogP contribution in [0, 0.1) is 0 Å². The normalized spacial score (nSPS) is 18.2. The Hall–Kier alpha value is -1.97. The van der Waals surface area contributed by atoms with Crippen molar-refractivity contribution >= 4 is 0 Å². The number of hydrogen-bond acceptors (Lipinski definition) is 1. The number of halogens is 3. The van der Waals surface area contributed by atoms with Gasteiger partial charge in [-0.25, -0.2) is 0 Å². The molecule has 2 rings (SSSR count). The summed E-state index contributed by atoms with van der Waals surface area (Å²) in [5, 5.41) is 0. The summed E-state index contributed by atoms with van der Waals surface area (Å²) in [4.78, 5) is 0. The molecule has 1 nitrogen and oxygen atoms in total. The van der Waals surface area contributed by atoms with Crippen LogP contribution < -0.4 is 5.73 Å². The van der Waals surface area contributed by atoms with E-state index in [1.54, 1.807) is 25.1 Å². The topological polar surface area (TPSA) is 26.0 Å². The lowest BCUT2D eigenvalue weighted by molar-refractivity contribution is -0.138. The van der Waals surface area contributed by atoms with Crippen LogP contribution in [-0.2, 0) is 11.6 Å². The van der Waals surface area contributed by atoms with Crippen LogP contribution in [0.5, 0.6) is 0 Å². The quantitative estimate of drug-likeness (QED) is 0.769. The summed E-state index contributed by atoms with van der Waals surface area (Å²) in [7, 11) is 0. The van der Waals surface area contributed by atoms with Gasteiger partial charge in [-0.05, 0) is 49.5 Å².